The molecule has 0 spiro atoms. The number of sulfonamides is 2. The van der Waals surface area contributed by atoms with Gasteiger partial charge in [-0.3, -0.25) is 29.1 Å². The second-order valence-corrected chi connectivity index (χ2v) is 44.4. The summed E-state index contributed by atoms with van der Waals surface area (Å²) in [5, 5.41) is 37.2. The van der Waals surface area contributed by atoms with Crippen LogP contribution in [-0.4, -0.2) is 267 Å². The zero-order valence-electron chi connectivity index (χ0n) is 84.1. The fraction of sp³-hybridized carbons (Fsp3) is 0.358. The van der Waals surface area contributed by atoms with Gasteiger partial charge in [-0.05, 0) is 267 Å². The monoisotopic (exact) mass is 2210 g/mol. The number of aliphatic hydroxyl groups is 1. The van der Waals surface area contributed by atoms with Gasteiger partial charge in [0.05, 0.1) is 38.1 Å². The Morgan fingerprint density at radius 2 is 0.966 bits per heavy atom. The number of aryl methyl sites for hydroxylation is 2. The van der Waals surface area contributed by atoms with Crippen LogP contribution in [0.4, 0.5) is 51.2 Å². The minimum atomic E-state index is -4.16. The molecule has 2 atom stereocenters. The number of hydrogen-bond acceptors (Lipinski definition) is 22. The van der Waals surface area contributed by atoms with E-state index in [1.807, 2.05) is 198 Å². The number of halogens is 7. The fourth-order valence-electron chi connectivity index (χ4n) is 19.2. The molecule has 0 radical (unpaired) electrons. The first-order valence-corrected chi connectivity index (χ1v) is 54.6. The van der Waals surface area contributed by atoms with E-state index in [4.69, 9.17) is 23.2 Å². The Hall–Kier alpha value is -10.1. The van der Waals surface area contributed by atoms with Crippen molar-refractivity contribution < 1.29 is 36.5 Å². The zero-order valence-corrected chi connectivity index (χ0v) is 92.9. The maximum atomic E-state index is 14.1. The van der Waals surface area contributed by atoms with E-state index in [0.717, 1.165) is 258 Å². The lowest BCUT2D eigenvalue weighted by Crippen LogP contribution is -2.57. The molecule has 2 aromatic heterocycles. The lowest BCUT2D eigenvalue weighted by Gasteiger charge is -2.37. The normalized spacial score (nSPS) is 15.4. The molecule has 0 bridgehead atoms. The van der Waals surface area contributed by atoms with E-state index < -0.39 is 25.0 Å². The maximum Gasteiger partial charge on any atom is 0.293 e. The van der Waals surface area contributed by atoms with Crippen LogP contribution in [0.1, 0.15) is 64.2 Å². The molecule has 5 saturated heterocycles. The summed E-state index contributed by atoms with van der Waals surface area (Å²) in [6, 6.07) is 77.1. The van der Waals surface area contributed by atoms with Crippen LogP contribution < -0.4 is 50.3 Å². The highest BCUT2D eigenvalue weighted by molar-refractivity contribution is 7.99. The van der Waals surface area contributed by atoms with Crippen LogP contribution in [-0.2, 0) is 34.1 Å². The van der Waals surface area contributed by atoms with E-state index in [9.17, 15) is 41.6 Å². The quantitative estimate of drug-likeness (QED) is 0.00820. The third-order valence-corrected chi connectivity index (χ3v) is 33.0. The molecule has 38 heteroatoms. The summed E-state index contributed by atoms with van der Waals surface area (Å²) in [5.74, 6) is 1.37. The minimum Gasteiger partial charge on any atom is -0.393 e. The van der Waals surface area contributed by atoms with Crippen LogP contribution in [0.15, 0.2) is 268 Å². The number of anilines is 8. The van der Waals surface area contributed by atoms with Gasteiger partial charge < -0.3 is 79.6 Å². The molecular weight excluding hydrogens is 2080 g/mol. The Kier molecular flexibility index (Phi) is 43.5. The SMILES string of the molecule is CN(C)CC[C@H](CSc1ccccc1)Nc1ccc(S(=O)(=O)Nc2ccc(N3CCN(c4cccc(-c5c(-c6ccc(Cl)cc6)cn(C)c5C(=O)NCCCN5CCN(C)CC5)c4)CC3)cc2)cc1[N+](=O)[O-].Cc1cc(S(=O)(=O)Nc2ccc(N3CCN(c4cccc(-c5c(C(=O)NC6CN(C)C6)c(C)n(C)c5-c5ccc(Cl)cc5)c4)CC3)cc2)ccc1N[C@H](CCN1CCC(O)CC1)CSc1ccccc1.Cl.Cl.Cl.Cl.Cl. The van der Waals surface area contributed by atoms with Crippen LogP contribution in [0, 0.1) is 24.0 Å². The molecule has 0 saturated carbocycles. The molecule has 27 nitrogen and oxygen atoms in total. The number of rotatable bonds is 38. The second kappa shape index (κ2) is 54.6. The average molecular weight is 2220 g/mol. The topological polar surface area (TPSA) is 277 Å². The summed E-state index contributed by atoms with van der Waals surface area (Å²) >= 11 is 16.1. The molecule has 0 unspecified atom stereocenters. The third kappa shape index (κ3) is 30.9. The van der Waals surface area contributed by atoms with Crippen LogP contribution in [0.5, 0.6) is 0 Å². The minimum absolute atomic E-state index is 0. The summed E-state index contributed by atoms with van der Waals surface area (Å²) in [6.07, 6.45) is 5.99. The van der Waals surface area contributed by atoms with Gasteiger partial charge >= 0.3 is 0 Å². The number of nitro groups is 1. The Labute approximate surface area is 915 Å². The first-order valence-electron chi connectivity index (χ1n) is 48.9. The standard InChI is InChI=1S/C55H65ClN8O4S2.C54H65ClN10O5S2.5ClH/c1-38-33-50(21-22-51(38)57-44(37-69-49-11-6-5-7-12-49)23-26-62-27-24-48(65)25-28-62)70(67,68)59-43-17-19-46(20-18-43)63-29-31-64(32-30-63)47-10-8-9-41(34-47)53-52(55(66)58-45-35-60(3)36-45)39(2)61(4)54(53)40-13-15-42(56)16-14-40;1-59(2)27-24-44(39-71-47-12-6-5-7-13-47)57-50-23-22-48(37-51(50)65(67)68)72(69,70)58-43-18-20-45(21-19-43)63-32-34-64(35-33-63)46-11-8-10-41(36-46)52-49(40-14-16-42(55)17-15-40)38-61(4)53(52)54(66)56-25-9-26-62-30-28-60(3)29-31-62;;;;;/h5-22,33-34,44-45,48,57,59,65H,23-32,35-37H2,1-4H3,(H,58,66);5-8,10-23,36-38,44,57-58H,9,24-35,39H2,1-4H3,(H,56,66);5*1H/t2*44-;;;;;/m11...../s1. The molecule has 17 rings (SSSR count). The van der Waals surface area contributed by atoms with Crippen molar-refractivity contribution in [3.63, 3.8) is 0 Å². The number of nitrogens with zero attached hydrogens (tertiary/aromatic N) is 12. The molecule has 10 aromatic carbocycles. The van der Waals surface area contributed by atoms with Crippen LogP contribution in [0.3, 0.4) is 0 Å². The Balaban J connectivity index is 0.000000270. The van der Waals surface area contributed by atoms with E-state index >= 15 is 0 Å². The van der Waals surface area contributed by atoms with Gasteiger partial charge in [-0.1, -0.05) is 108 Å². The summed E-state index contributed by atoms with van der Waals surface area (Å²) in [5.41, 5.74) is 16.5. The van der Waals surface area contributed by atoms with Crippen molar-refractivity contribution in [2.45, 2.75) is 89.8 Å². The summed E-state index contributed by atoms with van der Waals surface area (Å²) in [4.78, 5) is 63.1. The molecule has 2 amide bonds. The number of aromatic nitrogens is 2. The number of aliphatic hydroxyl groups excluding tert-OH is 1. The van der Waals surface area contributed by atoms with Crippen LogP contribution in [0.2, 0.25) is 10.0 Å². The molecule has 12 aromatic rings. The average Bonchev–Trinajstić information content (AvgIpc) is 1.68. The number of thioether (sulfide) groups is 2. The number of carbonyl (C=O) groups is 2. The van der Waals surface area contributed by atoms with Gasteiger partial charge in [0, 0.05) is 250 Å². The largest absolute Gasteiger partial charge is 0.393 e. The van der Waals surface area contributed by atoms with Gasteiger partial charge in [0.15, 0.2) is 0 Å². The van der Waals surface area contributed by atoms with E-state index in [0.29, 0.717) is 45.0 Å². The molecule has 5 aliphatic heterocycles. The first-order chi connectivity index (χ1) is 68.5. The maximum absolute atomic E-state index is 14.1. The lowest BCUT2D eigenvalue weighted by molar-refractivity contribution is -0.384. The number of hydrogen-bond donors (Lipinski definition) is 7. The van der Waals surface area contributed by atoms with Gasteiger partial charge in [-0.25, -0.2) is 16.8 Å². The van der Waals surface area contributed by atoms with Crippen LogP contribution >= 0.6 is 109 Å². The Bertz CT molecular complexity index is 6560. The van der Waals surface area contributed by atoms with Crippen LogP contribution in [0.25, 0.3) is 44.6 Å². The highest BCUT2D eigenvalue weighted by atomic mass is 35.5. The van der Waals surface area contributed by atoms with Gasteiger partial charge in [-0.2, -0.15) is 0 Å². The second-order valence-electron chi connectivity index (χ2n) is 37.9. The van der Waals surface area contributed by atoms with E-state index in [1.54, 1.807) is 36.0 Å². The van der Waals surface area contributed by atoms with Crippen molar-refractivity contribution in [1.82, 2.24) is 44.3 Å². The molecule has 7 heterocycles. The predicted octanol–water partition coefficient (Wildman–Crippen LogP) is 20.3. The van der Waals surface area contributed by atoms with Crippen molar-refractivity contribution in [1.29, 1.82) is 0 Å². The molecule has 5 fully saturated rings. The molecule has 7 N–H and O–H groups in total. The Morgan fingerprint density at radius 1 is 0.497 bits per heavy atom. The first kappa shape index (κ1) is 117. The third-order valence-electron chi connectivity index (χ3n) is 27.4. The number of carbonyl (C=O) groups excluding carboxylic acids is 2. The molecule has 147 heavy (non-hydrogen) atoms. The predicted molar refractivity (Wildman–Crippen MR) is 619 cm³/mol. The van der Waals surface area contributed by atoms with Crippen molar-refractivity contribution in [3.8, 4) is 44.6 Å². The van der Waals surface area contributed by atoms with Gasteiger partial charge in [0.1, 0.15) is 11.4 Å². The highest BCUT2D eigenvalue weighted by Crippen LogP contribution is 2.44. The molecule has 788 valence electrons. The van der Waals surface area contributed by atoms with Gasteiger partial charge in [0.25, 0.3) is 37.5 Å². The van der Waals surface area contributed by atoms with Crippen molar-refractivity contribution >= 4 is 192 Å². The zero-order chi connectivity index (χ0) is 99.7. The van der Waals surface area contributed by atoms with Crippen molar-refractivity contribution in [2.24, 2.45) is 14.1 Å². The fourth-order valence-corrected chi connectivity index (χ4v) is 23.7. The van der Waals surface area contributed by atoms with Gasteiger partial charge in [0.2, 0.25) is 0 Å². The number of piperidine rings is 1. The van der Waals surface area contributed by atoms with Crippen molar-refractivity contribution in [3.05, 3.63) is 292 Å². The van der Waals surface area contributed by atoms with E-state index in [1.165, 1.54) is 17.0 Å². The summed E-state index contributed by atoms with van der Waals surface area (Å²) in [6.45, 7) is 21.0. The lowest BCUT2D eigenvalue weighted by atomic mass is 9.95. The number of likely N-dealkylation sites (N-methyl/N-ethyl adjacent to an activating group) is 2. The highest BCUT2D eigenvalue weighted by Gasteiger charge is 2.34. The number of benzene rings is 10. The number of nitrogens with one attached hydrogen (secondary N) is 6. The van der Waals surface area contributed by atoms with E-state index in [2.05, 4.69) is 160 Å². The molecule has 0 aliphatic carbocycles. The molecular formula is C109H135Cl7N18O9S4. The summed E-state index contributed by atoms with van der Waals surface area (Å²) < 4.78 is 64.4. The number of amides is 2. The smallest absolute Gasteiger partial charge is 0.293 e. The van der Waals surface area contributed by atoms with Gasteiger partial charge in [-0.15, -0.1) is 85.6 Å². The van der Waals surface area contributed by atoms with E-state index in [-0.39, 0.29) is 119 Å². The molecule has 5 aliphatic rings. The number of likely N-dealkylation sites (tertiary alicyclic amines) is 2. The Morgan fingerprint density at radius 3 is 1.46 bits per heavy atom. The summed E-state index contributed by atoms with van der Waals surface area (Å²) in [7, 11) is 4.11. The van der Waals surface area contributed by atoms with Crippen molar-refractivity contribution in [2.75, 3.05) is 210 Å². The number of piperazine rings is 3. The number of nitro benzene ring substituents is 1.